The topological polar surface area (TPSA) is 96.9 Å². The Morgan fingerprint density at radius 1 is 1.17 bits per heavy atom. The molecule has 0 radical (unpaired) electrons. The molecule has 1 aliphatic heterocycles. The molecule has 7 nitrogen and oxygen atoms in total. The maximum Gasteiger partial charge on any atom is 0.437 e. The highest BCUT2D eigenvalue weighted by molar-refractivity contribution is 7.12. The van der Waals surface area contributed by atoms with Gasteiger partial charge in [0.25, 0.3) is 0 Å². The summed E-state index contributed by atoms with van der Waals surface area (Å²) in [6.07, 6.45) is -5.34. The fraction of sp³-hybridized carbons (Fsp3) is 0.250. The lowest BCUT2D eigenvalue weighted by atomic mass is 9.78. The number of carbonyl (C=O) groups is 2. The standard InChI is InChI=1S/C24H20ClF3N2O5S/c1-34-17-11-14(6-9-16(17)35-12-13-4-7-15(25)8-5-13)20-19(21(31)18-3-2-10-36-18)23(33,24(26,27)28)30-22(32)29-20/h2-11,19-20,33H,12H2,1H3,(H2,29,30,32)/t19-,20+,23-/m0/s1. The van der Waals surface area contributed by atoms with Crippen LogP contribution in [0, 0.1) is 5.92 Å². The van der Waals surface area contributed by atoms with Gasteiger partial charge in [0.15, 0.2) is 17.3 Å². The second-order valence-electron chi connectivity index (χ2n) is 7.98. The first-order valence-corrected chi connectivity index (χ1v) is 11.8. The lowest BCUT2D eigenvalue weighted by Gasteiger charge is -2.44. The van der Waals surface area contributed by atoms with E-state index >= 15 is 0 Å². The molecule has 4 rings (SSSR count). The number of methoxy groups -OCH3 is 1. The average molecular weight is 541 g/mol. The number of nitrogens with one attached hydrogen (secondary N) is 2. The second kappa shape index (κ2) is 10.00. The van der Waals surface area contributed by atoms with Crippen LogP contribution in [0.2, 0.25) is 5.02 Å². The molecule has 0 spiro atoms. The van der Waals surface area contributed by atoms with Crippen molar-refractivity contribution in [3.05, 3.63) is 81.0 Å². The molecule has 1 aromatic heterocycles. The van der Waals surface area contributed by atoms with E-state index in [1.807, 2.05) is 0 Å². The van der Waals surface area contributed by atoms with E-state index in [-0.39, 0.29) is 28.5 Å². The molecule has 2 aromatic carbocycles. The molecule has 1 aliphatic rings. The van der Waals surface area contributed by atoms with Gasteiger partial charge in [-0.1, -0.05) is 35.9 Å². The predicted molar refractivity (Wildman–Crippen MR) is 126 cm³/mol. The highest BCUT2D eigenvalue weighted by atomic mass is 35.5. The number of urea groups is 1. The van der Waals surface area contributed by atoms with Crippen LogP contribution in [0.15, 0.2) is 60.0 Å². The molecule has 190 valence electrons. The lowest BCUT2D eigenvalue weighted by molar-refractivity contribution is -0.287. The molecule has 12 heteroatoms. The molecule has 3 atom stereocenters. The minimum Gasteiger partial charge on any atom is -0.493 e. The van der Waals surface area contributed by atoms with Gasteiger partial charge in [0, 0.05) is 5.02 Å². The normalized spacial score (nSPS) is 21.9. The van der Waals surface area contributed by atoms with E-state index in [1.165, 1.54) is 48.1 Å². The summed E-state index contributed by atoms with van der Waals surface area (Å²) in [5.74, 6) is -2.67. The van der Waals surface area contributed by atoms with Gasteiger partial charge in [0.1, 0.15) is 12.5 Å². The van der Waals surface area contributed by atoms with E-state index in [2.05, 4.69) is 5.32 Å². The SMILES string of the molecule is COc1cc([C@H]2NC(=O)N[C@@](O)(C(F)(F)F)[C@@H]2C(=O)c2cccs2)ccc1OCc1ccc(Cl)cc1. The van der Waals surface area contributed by atoms with Crippen molar-refractivity contribution in [3.8, 4) is 11.5 Å². The van der Waals surface area contributed by atoms with Crippen LogP contribution in [-0.2, 0) is 6.61 Å². The number of carbonyl (C=O) groups excluding carboxylic acids is 2. The van der Waals surface area contributed by atoms with Crippen molar-refractivity contribution >= 4 is 34.8 Å². The minimum absolute atomic E-state index is 0.000469. The highest BCUT2D eigenvalue weighted by Crippen LogP contribution is 2.45. The monoisotopic (exact) mass is 540 g/mol. The Hall–Kier alpha value is -3.28. The summed E-state index contributed by atoms with van der Waals surface area (Å²) in [7, 11) is 1.34. The Bertz CT molecular complexity index is 1250. The number of benzene rings is 2. The fourth-order valence-corrected chi connectivity index (χ4v) is 4.76. The van der Waals surface area contributed by atoms with Crippen molar-refractivity contribution in [1.29, 1.82) is 0 Å². The first-order chi connectivity index (χ1) is 17.0. The van der Waals surface area contributed by atoms with Gasteiger partial charge in [0.05, 0.1) is 18.0 Å². The lowest BCUT2D eigenvalue weighted by Crippen LogP contribution is -2.72. The van der Waals surface area contributed by atoms with Gasteiger partial charge in [-0.25, -0.2) is 4.79 Å². The zero-order valence-corrected chi connectivity index (χ0v) is 20.2. The van der Waals surface area contributed by atoms with Gasteiger partial charge in [-0.15, -0.1) is 11.3 Å². The second-order valence-corrected chi connectivity index (χ2v) is 9.37. The summed E-state index contributed by atoms with van der Waals surface area (Å²) in [5.41, 5.74) is -2.89. The third-order valence-electron chi connectivity index (χ3n) is 5.71. The van der Waals surface area contributed by atoms with Crippen molar-refractivity contribution in [3.63, 3.8) is 0 Å². The van der Waals surface area contributed by atoms with Crippen LogP contribution < -0.4 is 20.1 Å². The first kappa shape index (κ1) is 25.8. The molecular weight excluding hydrogens is 521 g/mol. The number of hydrogen-bond donors (Lipinski definition) is 3. The zero-order valence-electron chi connectivity index (χ0n) is 18.6. The molecule has 3 aromatic rings. The number of ether oxygens (including phenoxy) is 2. The van der Waals surface area contributed by atoms with Gasteiger partial charge in [-0.05, 0) is 46.8 Å². The average Bonchev–Trinajstić information content (AvgIpc) is 3.37. The smallest absolute Gasteiger partial charge is 0.437 e. The third-order valence-corrected chi connectivity index (χ3v) is 6.84. The number of hydrogen-bond acceptors (Lipinski definition) is 6. The molecule has 0 aliphatic carbocycles. The summed E-state index contributed by atoms with van der Waals surface area (Å²) in [4.78, 5) is 25.4. The van der Waals surface area contributed by atoms with E-state index in [4.69, 9.17) is 21.1 Å². The molecule has 2 heterocycles. The zero-order chi connectivity index (χ0) is 26.1. The third kappa shape index (κ3) is 4.99. The van der Waals surface area contributed by atoms with Gasteiger partial charge in [0.2, 0.25) is 5.72 Å². The Labute approximate surface area is 212 Å². The van der Waals surface area contributed by atoms with Crippen LogP contribution in [0.4, 0.5) is 18.0 Å². The number of alkyl halides is 3. The van der Waals surface area contributed by atoms with Crippen molar-refractivity contribution in [2.45, 2.75) is 24.6 Å². The van der Waals surface area contributed by atoms with Crippen LogP contribution in [-0.4, -0.2) is 35.9 Å². The highest BCUT2D eigenvalue weighted by Gasteiger charge is 2.66. The number of Topliss-reactive ketones (excluding diaryl/α,β-unsaturated/α-hetero) is 1. The van der Waals surface area contributed by atoms with E-state index in [9.17, 15) is 27.9 Å². The molecule has 1 saturated heterocycles. The molecule has 0 saturated carbocycles. The summed E-state index contributed by atoms with van der Waals surface area (Å²) in [6.45, 7) is 0.157. The molecule has 0 unspecified atom stereocenters. The molecule has 36 heavy (non-hydrogen) atoms. The number of amides is 2. The van der Waals surface area contributed by atoms with Crippen LogP contribution >= 0.6 is 22.9 Å². The van der Waals surface area contributed by atoms with Crippen molar-refractivity contribution in [1.82, 2.24) is 10.6 Å². The Morgan fingerprint density at radius 2 is 1.89 bits per heavy atom. The Balaban J connectivity index is 1.70. The summed E-state index contributed by atoms with van der Waals surface area (Å²) >= 11 is 6.81. The molecular formula is C24H20ClF3N2O5S. The summed E-state index contributed by atoms with van der Waals surface area (Å²) < 4.78 is 53.3. The maximum absolute atomic E-state index is 14.0. The van der Waals surface area contributed by atoms with Gasteiger partial charge < -0.3 is 25.2 Å². The number of ketones is 1. The molecule has 1 fully saturated rings. The summed E-state index contributed by atoms with van der Waals surface area (Å²) in [5, 5.41) is 16.6. The number of rotatable bonds is 7. The fourth-order valence-electron chi connectivity index (χ4n) is 3.93. The van der Waals surface area contributed by atoms with Gasteiger partial charge >= 0.3 is 12.2 Å². The maximum atomic E-state index is 14.0. The van der Waals surface area contributed by atoms with Crippen LogP contribution in [0.25, 0.3) is 0 Å². The van der Waals surface area contributed by atoms with E-state index in [0.29, 0.717) is 5.02 Å². The molecule has 2 amide bonds. The van der Waals surface area contributed by atoms with E-state index in [1.54, 1.807) is 24.3 Å². The quantitative estimate of drug-likeness (QED) is 0.363. The van der Waals surface area contributed by atoms with Gasteiger partial charge in [-0.3, -0.25) is 4.79 Å². The van der Waals surface area contributed by atoms with Crippen molar-refractivity contribution in [2.24, 2.45) is 5.92 Å². The first-order valence-electron chi connectivity index (χ1n) is 10.5. The molecule has 0 bridgehead atoms. The summed E-state index contributed by atoms with van der Waals surface area (Å²) in [6, 6.07) is 11.2. The van der Waals surface area contributed by atoms with Crippen molar-refractivity contribution < 1.29 is 37.3 Å². The number of aliphatic hydroxyl groups is 1. The number of halogens is 4. The van der Waals surface area contributed by atoms with E-state index in [0.717, 1.165) is 16.9 Å². The van der Waals surface area contributed by atoms with Crippen LogP contribution in [0.5, 0.6) is 11.5 Å². The van der Waals surface area contributed by atoms with Crippen LogP contribution in [0.1, 0.15) is 26.8 Å². The van der Waals surface area contributed by atoms with Gasteiger partial charge in [-0.2, -0.15) is 13.2 Å². The van der Waals surface area contributed by atoms with Crippen LogP contribution in [0.3, 0.4) is 0 Å². The Morgan fingerprint density at radius 3 is 2.50 bits per heavy atom. The predicted octanol–water partition coefficient (Wildman–Crippen LogP) is 5.09. The number of thiophene rings is 1. The minimum atomic E-state index is -5.34. The van der Waals surface area contributed by atoms with Crippen molar-refractivity contribution in [2.75, 3.05) is 7.11 Å². The molecule has 3 N–H and O–H groups in total. The Kier molecular flexibility index (Phi) is 7.17. The largest absolute Gasteiger partial charge is 0.493 e. The van der Waals surface area contributed by atoms with E-state index < -0.39 is 35.7 Å².